The van der Waals surface area contributed by atoms with E-state index in [1.54, 1.807) is 12.1 Å². The SMILES string of the molecule is C#CCNS(=O)(=O)c1cccc(C(=O)Nc2ccc(NS(=O)(=O)c3ccc(C)cc3)cc2)c1. The van der Waals surface area contributed by atoms with Crippen molar-refractivity contribution in [3.05, 3.63) is 83.9 Å². The standard InChI is InChI=1S/C23H21N3O5S2/c1-3-15-24-32(28,29)22-6-4-5-18(16-22)23(27)25-19-9-11-20(12-10-19)26-33(30,31)21-13-7-17(2)8-14-21/h1,4-14,16,24,26H,15H2,2H3,(H,25,27). The molecule has 0 atom stereocenters. The Kier molecular flexibility index (Phi) is 7.18. The highest BCUT2D eigenvalue weighted by Crippen LogP contribution is 2.20. The summed E-state index contributed by atoms with van der Waals surface area (Å²) in [6.45, 7) is 1.70. The summed E-state index contributed by atoms with van der Waals surface area (Å²) in [5, 5.41) is 2.64. The van der Waals surface area contributed by atoms with Gasteiger partial charge in [-0.15, -0.1) is 6.42 Å². The molecule has 0 aliphatic heterocycles. The minimum Gasteiger partial charge on any atom is -0.322 e. The molecule has 3 N–H and O–H groups in total. The number of sulfonamides is 2. The third kappa shape index (κ3) is 6.20. The Bertz CT molecular complexity index is 1410. The molecule has 0 aliphatic rings. The van der Waals surface area contributed by atoms with E-state index in [4.69, 9.17) is 6.42 Å². The topological polar surface area (TPSA) is 121 Å². The molecule has 10 heteroatoms. The van der Waals surface area contributed by atoms with Crippen molar-refractivity contribution < 1.29 is 21.6 Å². The van der Waals surface area contributed by atoms with Crippen molar-refractivity contribution in [2.24, 2.45) is 0 Å². The van der Waals surface area contributed by atoms with Gasteiger partial charge in [0.1, 0.15) is 0 Å². The molecular weight excluding hydrogens is 462 g/mol. The van der Waals surface area contributed by atoms with Crippen LogP contribution in [0.2, 0.25) is 0 Å². The van der Waals surface area contributed by atoms with Crippen molar-refractivity contribution in [2.75, 3.05) is 16.6 Å². The molecule has 1 amide bonds. The van der Waals surface area contributed by atoms with E-state index < -0.39 is 26.0 Å². The first-order valence-electron chi connectivity index (χ1n) is 9.65. The number of anilines is 2. The maximum absolute atomic E-state index is 12.6. The highest BCUT2D eigenvalue weighted by molar-refractivity contribution is 7.92. The maximum Gasteiger partial charge on any atom is 0.261 e. The zero-order chi connectivity index (χ0) is 24.1. The van der Waals surface area contributed by atoms with Crippen molar-refractivity contribution in [1.29, 1.82) is 0 Å². The van der Waals surface area contributed by atoms with Gasteiger partial charge in [0.25, 0.3) is 15.9 Å². The normalized spacial score (nSPS) is 11.4. The summed E-state index contributed by atoms with van der Waals surface area (Å²) in [6, 6.07) is 18.0. The Hall–Kier alpha value is -3.65. The van der Waals surface area contributed by atoms with E-state index in [0.29, 0.717) is 11.4 Å². The molecule has 33 heavy (non-hydrogen) atoms. The predicted molar refractivity (Wildman–Crippen MR) is 127 cm³/mol. The maximum atomic E-state index is 12.6. The number of carbonyl (C=O) groups excluding carboxylic acids is 1. The Morgan fingerprint density at radius 2 is 1.48 bits per heavy atom. The van der Waals surface area contributed by atoms with Crippen LogP contribution in [-0.4, -0.2) is 29.3 Å². The van der Waals surface area contributed by atoms with Crippen molar-refractivity contribution in [3.8, 4) is 12.3 Å². The zero-order valence-electron chi connectivity index (χ0n) is 17.6. The summed E-state index contributed by atoms with van der Waals surface area (Å²) >= 11 is 0. The summed E-state index contributed by atoms with van der Waals surface area (Å²) in [6.07, 6.45) is 5.08. The van der Waals surface area contributed by atoms with Crippen LogP contribution < -0.4 is 14.8 Å². The summed E-state index contributed by atoms with van der Waals surface area (Å²) in [7, 11) is -7.58. The molecule has 0 fully saturated rings. The van der Waals surface area contributed by atoms with E-state index in [-0.39, 0.29) is 21.9 Å². The van der Waals surface area contributed by atoms with Crippen molar-refractivity contribution >= 4 is 37.3 Å². The van der Waals surface area contributed by atoms with E-state index in [2.05, 4.69) is 20.7 Å². The molecule has 0 bridgehead atoms. The third-order valence-electron chi connectivity index (χ3n) is 4.50. The van der Waals surface area contributed by atoms with Gasteiger partial charge in [-0.25, -0.2) is 16.8 Å². The van der Waals surface area contributed by atoms with Crippen LogP contribution >= 0.6 is 0 Å². The molecule has 0 aromatic heterocycles. The molecule has 0 saturated heterocycles. The number of amides is 1. The molecule has 170 valence electrons. The van der Waals surface area contributed by atoms with E-state index >= 15 is 0 Å². The lowest BCUT2D eigenvalue weighted by Crippen LogP contribution is -2.24. The predicted octanol–water partition coefficient (Wildman–Crippen LogP) is 2.96. The second-order valence-electron chi connectivity index (χ2n) is 7.01. The molecule has 0 radical (unpaired) electrons. The summed E-state index contributed by atoms with van der Waals surface area (Å²) in [4.78, 5) is 12.6. The smallest absolute Gasteiger partial charge is 0.261 e. The van der Waals surface area contributed by atoms with Crippen LogP contribution in [0.15, 0.2) is 82.6 Å². The third-order valence-corrected chi connectivity index (χ3v) is 7.29. The summed E-state index contributed by atoms with van der Waals surface area (Å²) in [5.41, 5.74) is 1.79. The lowest BCUT2D eigenvalue weighted by Gasteiger charge is -2.10. The van der Waals surface area contributed by atoms with Crippen molar-refractivity contribution in [1.82, 2.24) is 4.72 Å². The van der Waals surface area contributed by atoms with Gasteiger partial charge in [0.05, 0.1) is 16.3 Å². The van der Waals surface area contributed by atoms with Crippen molar-refractivity contribution in [3.63, 3.8) is 0 Å². The molecule has 0 saturated carbocycles. The van der Waals surface area contributed by atoms with Crippen LogP contribution in [-0.2, 0) is 20.0 Å². The number of hydrogen-bond donors (Lipinski definition) is 3. The first-order valence-corrected chi connectivity index (χ1v) is 12.6. The first kappa shape index (κ1) is 24.0. The molecule has 0 unspecified atom stereocenters. The molecule has 0 heterocycles. The monoisotopic (exact) mass is 483 g/mol. The second kappa shape index (κ2) is 9.87. The average Bonchev–Trinajstić information content (AvgIpc) is 2.79. The Morgan fingerprint density at radius 1 is 0.848 bits per heavy atom. The van der Waals surface area contributed by atoms with Gasteiger partial charge in [-0.05, 0) is 61.5 Å². The molecule has 3 aromatic carbocycles. The fourth-order valence-corrected chi connectivity index (χ4v) is 4.82. The number of rotatable bonds is 8. The fourth-order valence-electron chi connectivity index (χ4n) is 2.78. The minimum atomic E-state index is -3.84. The molecule has 0 spiro atoms. The number of nitrogens with one attached hydrogen (secondary N) is 3. The Balaban J connectivity index is 1.70. The summed E-state index contributed by atoms with van der Waals surface area (Å²) in [5.74, 6) is 1.65. The van der Waals surface area contributed by atoms with Gasteiger partial charge in [0, 0.05) is 16.9 Å². The van der Waals surface area contributed by atoms with Crippen molar-refractivity contribution in [2.45, 2.75) is 16.7 Å². The second-order valence-corrected chi connectivity index (χ2v) is 10.5. The molecule has 8 nitrogen and oxygen atoms in total. The number of carbonyl (C=O) groups is 1. The quantitative estimate of drug-likeness (QED) is 0.425. The van der Waals surface area contributed by atoms with Crippen LogP contribution in [0.1, 0.15) is 15.9 Å². The van der Waals surface area contributed by atoms with Crippen LogP contribution in [0.5, 0.6) is 0 Å². The minimum absolute atomic E-state index is 0.0914. The Morgan fingerprint density at radius 3 is 2.12 bits per heavy atom. The Labute approximate surface area is 193 Å². The van der Waals surface area contributed by atoms with Gasteiger partial charge in [0.15, 0.2) is 0 Å². The highest BCUT2D eigenvalue weighted by atomic mass is 32.2. The number of terminal acetylenes is 1. The summed E-state index contributed by atoms with van der Waals surface area (Å²) < 4.78 is 54.1. The highest BCUT2D eigenvalue weighted by Gasteiger charge is 2.16. The lowest BCUT2D eigenvalue weighted by molar-refractivity contribution is 0.102. The molecule has 0 aliphatic carbocycles. The van der Waals surface area contributed by atoms with Crippen LogP contribution in [0.3, 0.4) is 0 Å². The van der Waals surface area contributed by atoms with Gasteiger partial charge in [-0.3, -0.25) is 9.52 Å². The average molecular weight is 484 g/mol. The molecule has 3 rings (SSSR count). The first-order chi connectivity index (χ1) is 15.6. The number of hydrogen-bond acceptors (Lipinski definition) is 5. The van der Waals surface area contributed by atoms with Crippen LogP contribution in [0.25, 0.3) is 0 Å². The van der Waals surface area contributed by atoms with Gasteiger partial charge in [0.2, 0.25) is 10.0 Å². The number of aryl methyl sites for hydroxylation is 1. The van der Waals surface area contributed by atoms with E-state index in [9.17, 15) is 21.6 Å². The molecular formula is C23H21N3O5S2. The molecule has 3 aromatic rings. The van der Waals surface area contributed by atoms with E-state index in [1.807, 2.05) is 6.92 Å². The van der Waals surface area contributed by atoms with Gasteiger partial charge in [-0.1, -0.05) is 29.7 Å². The van der Waals surface area contributed by atoms with Crippen LogP contribution in [0.4, 0.5) is 11.4 Å². The fraction of sp³-hybridized carbons (Fsp3) is 0.0870. The van der Waals surface area contributed by atoms with Gasteiger partial charge < -0.3 is 5.32 Å². The van der Waals surface area contributed by atoms with Gasteiger partial charge >= 0.3 is 0 Å². The lowest BCUT2D eigenvalue weighted by atomic mass is 10.2. The largest absolute Gasteiger partial charge is 0.322 e. The van der Waals surface area contributed by atoms with Crippen LogP contribution in [0, 0.1) is 19.3 Å². The van der Waals surface area contributed by atoms with E-state index in [1.165, 1.54) is 60.7 Å². The number of benzene rings is 3. The van der Waals surface area contributed by atoms with Gasteiger partial charge in [-0.2, -0.15) is 4.72 Å². The van der Waals surface area contributed by atoms with E-state index in [0.717, 1.165) is 5.56 Å². The zero-order valence-corrected chi connectivity index (χ0v) is 19.2.